The second-order valence-corrected chi connectivity index (χ2v) is 9.13. The Balaban J connectivity index is 1.81. The summed E-state index contributed by atoms with van der Waals surface area (Å²) >= 11 is 0. The van der Waals surface area contributed by atoms with Crippen molar-refractivity contribution in [1.29, 1.82) is 0 Å². The molecule has 0 unspecified atom stereocenters. The Labute approximate surface area is 180 Å². The minimum absolute atomic E-state index is 0.0616. The summed E-state index contributed by atoms with van der Waals surface area (Å²) in [5.41, 5.74) is 1.37. The van der Waals surface area contributed by atoms with Crippen molar-refractivity contribution in [2.24, 2.45) is 0 Å². The minimum atomic E-state index is -3.46. The van der Waals surface area contributed by atoms with E-state index in [0.29, 0.717) is 16.8 Å². The molecule has 0 aromatic heterocycles. The Kier molecular flexibility index (Phi) is 6.99. The van der Waals surface area contributed by atoms with Gasteiger partial charge in [-0.2, -0.15) is 8.78 Å². The number of benzene rings is 2. The predicted molar refractivity (Wildman–Crippen MR) is 112 cm³/mol. The van der Waals surface area contributed by atoms with E-state index in [1.807, 2.05) is 0 Å². The third-order valence-electron chi connectivity index (χ3n) is 4.81. The molecule has 2 aromatic carbocycles. The Bertz CT molecular complexity index is 1040. The van der Waals surface area contributed by atoms with E-state index in [4.69, 9.17) is 4.74 Å². The molecule has 168 valence electrons. The van der Waals surface area contributed by atoms with E-state index in [9.17, 15) is 22.0 Å². The molecule has 0 heterocycles. The highest BCUT2D eigenvalue weighted by atomic mass is 32.2. The van der Waals surface area contributed by atoms with Crippen LogP contribution in [0.25, 0.3) is 0 Å². The molecule has 31 heavy (non-hydrogen) atoms. The van der Waals surface area contributed by atoms with E-state index >= 15 is 0 Å². The number of anilines is 1. The highest BCUT2D eigenvalue weighted by Gasteiger charge is 2.33. The lowest BCUT2D eigenvalue weighted by molar-refractivity contribution is -0.0512. The molecule has 1 aliphatic rings. The van der Waals surface area contributed by atoms with Crippen LogP contribution in [0.15, 0.2) is 42.5 Å². The van der Waals surface area contributed by atoms with Gasteiger partial charge in [-0.15, -0.1) is 0 Å². The molecule has 0 aliphatic heterocycles. The van der Waals surface area contributed by atoms with Crippen molar-refractivity contribution < 1.29 is 31.5 Å². The molecule has 0 spiro atoms. The fraction of sp³-hybridized carbons (Fsp3) is 0.381. The Hall–Kier alpha value is -2.88. The number of halogens is 2. The lowest BCUT2D eigenvalue weighted by Gasteiger charge is -2.23. The molecule has 7 nitrogen and oxygen atoms in total. The fourth-order valence-electron chi connectivity index (χ4n) is 3.09. The Morgan fingerprint density at radius 1 is 1.19 bits per heavy atom. The van der Waals surface area contributed by atoms with Crippen LogP contribution < -0.4 is 14.2 Å². The van der Waals surface area contributed by atoms with E-state index in [0.717, 1.165) is 12.8 Å². The number of sulfonamides is 1. The zero-order valence-corrected chi connectivity index (χ0v) is 18.0. The van der Waals surface area contributed by atoms with Crippen molar-refractivity contribution in [2.45, 2.75) is 39.0 Å². The average Bonchev–Trinajstić information content (AvgIpc) is 3.57. The SMILES string of the molecule is CCS(=O)(=O)Nc1cccc(C(=O)N(Cc2ccc(OC(F)F)c(OC)c2)C2CC2)c1. The minimum Gasteiger partial charge on any atom is -0.493 e. The summed E-state index contributed by atoms with van der Waals surface area (Å²) in [4.78, 5) is 14.9. The lowest BCUT2D eigenvalue weighted by atomic mass is 10.1. The largest absolute Gasteiger partial charge is 0.493 e. The molecular formula is C21H24F2N2O5S. The van der Waals surface area contributed by atoms with Gasteiger partial charge in [-0.3, -0.25) is 9.52 Å². The number of amides is 1. The van der Waals surface area contributed by atoms with Crippen molar-refractivity contribution in [3.05, 3.63) is 53.6 Å². The highest BCUT2D eigenvalue weighted by Crippen LogP contribution is 2.33. The van der Waals surface area contributed by atoms with Crippen LogP contribution in [0, 0.1) is 0 Å². The molecule has 0 radical (unpaired) electrons. The number of methoxy groups -OCH3 is 1. The molecule has 0 saturated heterocycles. The van der Waals surface area contributed by atoms with Crippen molar-refractivity contribution >= 4 is 21.6 Å². The topological polar surface area (TPSA) is 84.9 Å². The third kappa shape index (κ3) is 6.06. The number of nitrogens with one attached hydrogen (secondary N) is 1. The van der Waals surface area contributed by atoms with Gasteiger partial charge >= 0.3 is 6.61 Å². The summed E-state index contributed by atoms with van der Waals surface area (Å²) in [5, 5.41) is 0. The van der Waals surface area contributed by atoms with E-state index in [2.05, 4.69) is 9.46 Å². The Morgan fingerprint density at radius 2 is 1.94 bits per heavy atom. The van der Waals surface area contributed by atoms with E-state index in [1.54, 1.807) is 35.2 Å². The second kappa shape index (κ2) is 9.51. The maximum absolute atomic E-state index is 13.2. The van der Waals surface area contributed by atoms with Crippen LogP contribution >= 0.6 is 0 Å². The normalized spacial score (nSPS) is 13.7. The summed E-state index contributed by atoms with van der Waals surface area (Å²) < 4.78 is 60.7. The van der Waals surface area contributed by atoms with Crippen molar-refractivity contribution in [1.82, 2.24) is 4.90 Å². The first-order valence-corrected chi connectivity index (χ1v) is 11.4. The van der Waals surface area contributed by atoms with Crippen molar-refractivity contribution in [2.75, 3.05) is 17.6 Å². The number of carbonyl (C=O) groups is 1. The molecule has 0 bridgehead atoms. The van der Waals surface area contributed by atoms with Crippen LogP contribution in [0.4, 0.5) is 14.5 Å². The standard InChI is InChI=1S/C21H24F2N2O5S/c1-3-31(27,28)24-16-6-4-5-15(12-16)20(26)25(17-8-9-17)13-14-7-10-18(30-21(22)23)19(11-14)29-2/h4-7,10-12,17,21,24H,3,8-9,13H2,1-2H3. The summed E-state index contributed by atoms with van der Waals surface area (Å²) in [6.45, 7) is -1.20. The quantitative estimate of drug-likeness (QED) is 0.589. The number of nitrogens with zero attached hydrogens (tertiary/aromatic N) is 1. The fourth-order valence-corrected chi connectivity index (χ4v) is 3.72. The van der Waals surface area contributed by atoms with E-state index in [1.165, 1.54) is 26.2 Å². The number of alkyl halides is 2. The van der Waals surface area contributed by atoms with Crippen LogP contribution in [0.5, 0.6) is 11.5 Å². The van der Waals surface area contributed by atoms with Gasteiger partial charge in [0.25, 0.3) is 5.91 Å². The molecule has 1 aliphatic carbocycles. The zero-order valence-electron chi connectivity index (χ0n) is 17.2. The van der Waals surface area contributed by atoms with Gasteiger partial charge in [0.15, 0.2) is 11.5 Å². The first kappa shape index (κ1) is 22.8. The maximum Gasteiger partial charge on any atom is 0.387 e. The summed E-state index contributed by atoms with van der Waals surface area (Å²) in [5.74, 6) is -0.253. The first-order valence-electron chi connectivity index (χ1n) is 9.75. The number of rotatable bonds is 10. The molecule has 10 heteroatoms. The molecule has 1 N–H and O–H groups in total. The van der Waals surface area contributed by atoms with Gasteiger partial charge in [0.1, 0.15) is 0 Å². The van der Waals surface area contributed by atoms with Crippen LogP contribution in [0.3, 0.4) is 0 Å². The molecule has 1 fully saturated rings. The summed E-state index contributed by atoms with van der Waals surface area (Å²) in [6, 6.07) is 10.9. The van der Waals surface area contributed by atoms with Crippen LogP contribution in [-0.2, 0) is 16.6 Å². The van der Waals surface area contributed by atoms with Crippen LogP contribution in [0.1, 0.15) is 35.7 Å². The van der Waals surface area contributed by atoms with Gasteiger partial charge in [0, 0.05) is 23.8 Å². The molecule has 0 atom stereocenters. The van der Waals surface area contributed by atoms with Crippen molar-refractivity contribution in [3.8, 4) is 11.5 Å². The third-order valence-corrected chi connectivity index (χ3v) is 6.12. The van der Waals surface area contributed by atoms with Gasteiger partial charge < -0.3 is 14.4 Å². The molecule has 1 saturated carbocycles. The number of carbonyl (C=O) groups excluding carboxylic acids is 1. The summed E-state index contributed by atoms with van der Waals surface area (Å²) in [6.07, 6.45) is 1.72. The highest BCUT2D eigenvalue weighted by molar-refractivity contribution is 7.92. The van der Waals surface area contributed by atoms with Crippen LogP contribution in [-0.4, -0.2) is 44.7 Å². The monoisotopic (exact) mass is 454 g/mol. The van der Waals surface area contributed by atoms with Gasteiger partial charge in [-0.05, 0) is 55.7 Å². The number of hydrogen-bond donors (Lipinski definition) is 1. The van der Waals surface area contributed by atoms with Gasteiger partial charge in [-0.1, -0.05) is 12.1 Å². The van der Waals surface area contributed by atoms with E-state index < -0.39 is 16.6 Å². The van der Waals surface area contributed by atoms with Gasteiger partial charge in [0.2, 0.25) is 10.0 Å². The van der Waals surface area contributed by atoms with Gasteiger partial charge in [-0.25, -0.2) is 8.42 Å². The smallest absolute Gasteiger partial charge is 0.387 e. The summed E-state index contributed by atoms with van der Waals surface area (Å²) in [7, 11) is -2.11. The zero-order chi connectivity index (χ0) is 22.6. The first-order chi connectivity index (χ1) is 14.7. The predicted octanol–water partition coefficient (Wildman–Crippen LogP) is 3.86. The van der Waals surface area contributed by atoms with Crippen LogP contribution in [0.2, 0.25) is 0 Å². The molecule has 1 amide bonds. The number of hydrogen-bond acceptors (Lipinski definition) is 5. The second-order valence-electron chi connectivity index (χ2n) is 7.11. The molecule has 2 aromatic rings. The van der Waals surface area contributed by atoms with E-state index in [-0.39, 0.29) is 35.7 Å². The molecular weight excluding hydrogens is 430 g/mol. The maximum atomic E-state index is 13.2. The van der Waals surface area contributed by atoms with Gasteiger partial charge in [0.05, 0.1) is 12.9 Å². The Morgan fingerprint density at radius 3 is 2.55 bits per heavy atom. The molecule has 3 rings (SSSR count). The average molecular weight is 454 g/mol. The van der Waals surface area contributed by atoms with Crippen molar-refractivity contribution in [3.63, 3.8) is 0 Å². The lowest BCUT2D eigenvalue weighted by Crippen LogP contribution is -2.32. The number of ether oxygens (including phenoxy) is 2.